The van der Waals surface area contributed by atoms with Gasteiger partial charge in [-0.3, -0.25) is 9.79 Å². The summed E-state index contributed by atoms with van der Waals surface area (Å²) in [6.07, 6.45) is 1.68. The number of carboxylic acid groups (broad SMARTS) is 1. The van der Waals surface area contributed by atoms with E-state index in [9.17, 15) is 14.7 Å². The van der Waals surface area contributed by atoms with Gasteiger partial charge in [-0.15, -0.1) is 0 Å². The number of carbonyl (C=O) groups is 2. The lowest BCUT2D eigenvalue weighted by molar-refractivity contribution is -0.303. The topological polar surface area (TPSA) is 81.6 Å². The van der Waals surface area contributed by atoms with Crippen LogP contribution < -0.4 is 10.4 Å². The largest absolute Gasteiger partial charge is 0.548 e. The van der Waals surface area contributed by atoms with Crippen molar-refractivity contribution in [1.29, 1.82) is 0 Å². The van der Waals surface area contributed by atoms with Crippen LogP contribution in [0.1, 0.15) is 5.56 Å². The summed E-state index contributed by atoms with van der Waals surface area (Å²) < 4.78 is 0. The van der Waals surface area contributed by atoms with E-state index in [0.29, 0.717) is 9.93 Å². The summed E-state index contributed by atoms with van der Waals surface area (Å²) in [4.78, 5) is 26.1. The number of rotatable bonds is 3. The van der Waals surface area contributed by atoms with Crippen LogP contribution in [0.5, 0.6) is 0 Å². The summed E-state index contributed by atoms with van der Waals surface area (Å²) in [5.74, 6) is -1.60. The smallest absolute Gasteiger partial charge is 0.264 e. The fourth-order valence-corrected chi connectivity index (χ4v) is 2.29. The van der Waals surface area contributed by atoms with Crippen LogP contribution >= 0.6 is 23.4 Å². The Balaban J connectivity index is 2.13. The Labute approximate surface area is 118 Å². The number of halogens is 1. The fraction of sp³-hybridized carbons (Fsp3) is 0.0833. The van der Waals surface area contributed by atoms with Crippen LogP contribution in [0.2, 0.25) is 5.02 Å². The van der Waals surface area contributed by atoms with Crippen molar-refractivity contribution in [1.82, 2.24) is 5.32 Å². The van der Waals surface area contributed by atoms with E-state index >= 15 is 0 Å². The normalized spacial score (nSPS) is 18.9. The number of amidine groups is 1. The van der Waals surface area contributed by atoms with Crippen LogP contribution in [-0.2, 0) is 9.59 Å². The first-order valence-corrected chi connectivity index (χ1v) is 6.45. The summed E-state index contributed by atoms with van der Waals surface area (Å²) >= 11 is 6.85. The van der Waals surface area contributed by atoms with Gasteiger partial charge < -0.3 is 15.2 Å². The molecule has 0 aromatic heterocycles. The molecule has 0 spiro atoms. The molecule has 0 bridgehead atoms. The highest BCUT2D eigenvalue weighted by atomic mass is 35.5. The molecule has 1 aliphatic rings. The Morgan fingerprint density at radius 1 is 1.42 bits per heavy atom. The van der Waals surface area contributed by atoms with E-state index in [-0.39, 0.29) is 11.1 Å². The zero-order valence-corrected chi connectivity index (χ0v) is 11.1. The molecule has 1 N–H and O–H groups in total. The Kier molecular flexibility index (Phi) is 4.24. The Hall–Kier alpha value is -1.79. The third kappa shape index (κ3) is 3.84. The van der Waals surface area contributed by atoms with E-state index < -0.39 is 12.5 Å². The van der Waals surface area contributed by atoms with Crippen LogP contribution in [0.4, 0.5) is 0 Å². The van der Waals surface area contributed by atoms with Crippen molar-refractivity contribution in [2.75, 3.05) is 6.54 Å². The Morgan fingerprint density at radius 3 is 2.74 bits per heavy atom. The van der Waals surface area contributed by atoms with Gasteiger partial charge in [0.1, 0.15) is 0 Å². The lowest BCUT2D eigenvalue weighted by Gasteiger charge is -1.96. The van der Waals surface area contributed by atoms with Crippen molar-refractivity contribution in [3.8, 4) is 0 Å². The molecule has 1 aromatic carbocycles. The number of nitrogens with one attached hydrogen (secondary N) is 1. The van der Waals surface area contributed by atoms with Gasteiger partial charge >= 0.3 is 0 Å². The molecule has 0 unspecified atom stereocenters. The minimum atomic E-state index is -1.29. The van der Waals surface area contributed by atoms with Crippen LogP contribution in [-0.4, -0.2) is 23.6 Å². The van der Waals surface area contributed by atoms with Gasteiger partial charge in [0.05, 0.1) is 17.4 Å². The predicted molar refractivity (Wildman–Crippen MR) is 72.5 cm³/mol. The van der Waals surface area contributed by atoms with Gasteiger partial charge in [0.2, 0.25) is 0 Å². The maximum Gasteiger partial charge on any atom is 0.264 e. The molecule has 1 amide bonds. The molecule has 1 aliphatic heterocycles. The molecule has 98 valence electrons. The molecule has 1 aromatic rings. The highest BCUT2D eigenvalue weighted by Gasteiger charge is 2.23. The molecule has 0 atom stereocenters. The zero-order chi connectivity index (χ0) is 13.8. The minimum Gasteiger partial charge on any atom is -0.548 e. The summed E-state index contributed by atoms with van der Waals surface area (Å²) in [7, 11) is 0. The summed E-state index contributed by atoms with van der Waals surface area (Å²) in [5.41, 5.74) is 0.822. The van der Waals surface area contributed by atoms with E-state index in [0.717, 1.165) is 17.3 Å². The van der Waals surface area contributed by atoms with Crippen molar-refractivity contribution in [3.05, 3.63) is 39.8 Å². The van der Waals surface area contributed by atoms with Crippen LogP contribution in [0.15, 0.2) is 34.2 Å². The second-order valence-corrected chi connectivity index (χ2v) is 5.08. The van der Waals surface area contributed by atoms with E-state index in [1.807, 2.05) is 0 Å². The maximum atomic E-state index is 11.6. The van der Waals surface area contributed by atoms with Gasteiger partial charge in [0, 0.05) is 5.02 Å². The number of aliphatic imine (C=N–C) groups is 1. The molecule has 2 rings (SSSR count). The lowest BCUT2D eigenvalue weighted by Crippen LogP contribution is -2.27. The summed E-state index contributed by atoms with van der Waals surface area (Å²) in [6.45, 7) is -0.475. The van der Waals surface area contributed by atoms with Crippen molar-refractivity contribution < 1.29 is 14.7 Å². The Morgan fingerprint density at radius 2 is 2.11 bits per heavy atom. The molecular formula is C12H8ClN2O3S-. The number of benzene rings is 1. The average molecular weight is 296 g/mol. The number of carbonyl (C=O) groups excluding carboxylic acids is 2. The summed E-state index contributed by atoms with van der Waals surface area (Å²) in [6, 6.07) is 6.99. The quantitative estimate of drug-likeness (QED) is 0.830. The lowest BCUT2D eigenvalue weighted by atomic mass is 10.2. The van der Waals surface area contributed by atoms with Gasteiger partial charge in [-0.05, 0) is 35.5 Å². The van der Waals surface area contributed by atoms with E-state index in [1.165, 1.54) is 0 Å². The van der Waals surface area contributed by atoms with Gasteiger partial charge in [0.15, 0.2) is 5.17 Å². The number of hydrogen-bond donors (Lipinski definition) is 1. The number of aliphatic carboxylic acids is 1. The summed E-state index contributed by atoms with van der Waals surface area (Å²) in [5, 5.41) is 13.6. The van der Waals surface area contributed by atoms with Crippen molar-refractivity contribution in [2.24, 2.45) is 4.99 Å². The fourth-order valence-electron chi connectivity index (χ4n) is 1.35. The molecule has 5 nitrogen and oxygen atoms in total. The second-order valence-electron chi connectivity index (χ2n) is 3.61. The van der Waals surface area contributed by atoms with Crippen molar-refractivity contribution in [3.63, 3.8) is 0 Å². The maximum absolute atomic E-state index is 11.6. The van der Waals surface area contributed by atoms with Crippen LogP contribution in [0.25, 0.3) is 6.08 Å². The number of nitrogens with zero attached hydrogens (tertiary/aromatic N) is 1. The standard InChI is InChI=1S/C12H9ClN2O3S/c13-8-3-1-7(2-4-8)5-9-11(18)15-12(19-9)14-6-10(16)17/h1-5H,6H2,(H,16,17)(H,14,15,18)/p-1/b9-5+. The Bertz CT molecular complexity index is 581. The number of hydrogen-bond acceptors (Lipinski definition) is 5. The first-order chi connectivity index (χ1) is 9.04. The highest BCUT2D eigenvalue weighted by molar-refractivity contribution is 8.18. The molecule has 1 fully saturated rings. The first kappa shape index (κ1) is 13.6. The van der Waals surface area contributed by atoms with Gasteiger partial charge in [-0.25, -0.2) is 0 Å². The van der Waals surface area contributed by atoms with E-state index in [1.54, 1.807) is 30.3 Å². The molecular weight excluding hydrogens is 288 g/mol. The van der Waals surface area contributed by atoms with Gasteiger partial charge in [-0.1, -0.05) is 23.7 Å². The highest BCUT2D eigenvalue weighted by Crippen LogP contribution is 2.26. The minimum absolute atomic E-state index is 0.259. The molecule has 0 saturated carbocycles. The average Bonchev–Trinajstić information content (AvgIpc) is 2.71. The van der Waals surface area contributed by atoms with Crippen molar-refractivity contribution in [2.45, 2.75) is 0 Å². The zero-order valence-electron chi connectivity index (χ0n) is 9.55. The number of carboxylic acids is 1. The molecule has 19 heavy (non-hydrogen) atoms. The number of thioether (sulfide) groups is 1. The molecule has 1 saturated heterocycles. The van der Waals surface area contributed by atoms with Crippen molar-refractivity contribution >= 4 is 46.5 Å². The molecule has 0 radical (unpaired) electrons. The third-order valence-corrected chi connectivity index (χ3v) is 3.37. The molecule has 7 heteroatoms. The second kappa shape index (κ2) is 5.90. The molecule has 1 heterocycles. The van der Waals surface area contributed by atoms with E-state index in [4.69, 9.17) is 11.6 Å². The van der Waals surface area contributed by atoms with Gasteiger partial charge in [0.25, 0.3) is 5.91 Å². The first-order valence-electron chi connectivity index (χ1n) is 5.25. The predicted octanol–water partition coefficient (Wildman–Crippen LogP) is 0.650. The molecule has 0 aliphatic carbocycles. The van der Waals surface area contributed by atoms with Crippen LogP contribution in [0, 0.1) is 0 Å². The van der Waals surface area contributed by atoms with E-state index in [2.05, 4.69) is 10.3 Å². The van der Waals surface area contributed by atoms with Gasteiger partial charge in [-0.2, -0.15) is 0 Å². The monoisotopic (exact) mass is 295 g/mol. The van der Waals surface area contributed by atoms with Crippen LogP contribution in [0.3, 0.4) is 0 Å². The number of amides is 1. The third-order valence-electron chi connectivity index (χ3n) is 2.17. The SMILES string of the molecule is O=C([O-])CN=C1NC(=O)/C(=C\c2ccc(Cl)cc2)S1.